The quantitative estimate of drug-likeness (QED) is 0.753. The van der Waals surface area contributed by atoms with Crippen molar-refractivity contribution in [1.29, 1.82) is 5.26 Å². The zero-order valence-electron chi connectivity index (χ0n) is 13.8. The van der Waals surface area contributed by atoms with Gasteiger partial charge in [-0.05, 0) is 37.1 Å². The molecule has 1 amide bonds. The molecule has 1 aliphatic rings. The molecule has 1 aliphatic heterocycles. The number of aromatic nitrogens is 4. The van der Waals surface area contributed by atoms with Gasteiger partial charge in [0.15, 0.2) is 11.5 Å². The molecule has 3 aromatic rings. The van der Waals surface area contributed by atoms with E-state index < -0.39 is 0 Å². The number of amides is 1. The second-order valence-electron chi connectivity index (χ2n) is 5.97. The molecule has 8 nitrogen and oxygen atoms in total. The van der Waals surface area contributed by atoms with E-state index in [1.54, 1.807) is 41.2 Å². The number of nitriles is 1. The lowest BCUT2D eigenvalue weighted by Crippen LogP contribution is -2.13. The SMILES string of the molecule is N#Cc1cccc(-n2ccc(C(=O)Nc3cc([C@H]4CCCO4)[nH]n3)n2)c1. The van der Waals surface area contributed by atoms with Crippen molar-refractivity contribution in [1.82, 2.24) is 20.0 Å². The van der Waals surface area contributed by atoms with Crippen LogP contribution in [0.5, 0.6) is 0 Å². The van der Waals surface area contributed by atoms with E-state index in [4.69, 9.17) is 10.00 Å². The summed E-state index contributed by atoms with van der Waals surface area (Å²) in [4.78, 5) is 12.4. The molecule has 2 aromatic heterocycles. The van der Waals surface area contributed by atoms with Crippen molar-refractivity contribution in [3.8, 4) is 11.8 Å². The minimum Gasteiger partial charge on any atom is -0.372 e. The first-order valence-corrected chi connectivity index (χ1v) is 8.27. The second kappa shape index (κ2) is 6.82. The van der Waals surface area contributed by atoms with Gasteiger partial charge in [-0.25, -0.2) is 4.68 Å². The number of ether oxygens (including phenoxy) is 1. The van der Waals surface area contributed by atoms with Crippen molar-refractivity contribution in [2.45, 2.75) is 18.9 Å². The van der Waals surface area contributed by atoms with Gasteiger partial charge in [0.2, 0.25) is 0 Å². The summed E-state index contributed by atoms with van der Waals surface area (Å²) in [7, 11) is 0. The lowest BCUT2D eigenvalue weighted by atomic mass is 10.2. The normalized spacial score (nSPS) is 16.3. The largest absolute Gasteiger partial charge is 0.372 e. The van der Waals surface area contributed by atoms with Crippen LogP contribution in [0.15, 0.2) is 42.6 Å². The fraction of sp³-hybridized carbons (Fsp3) is 0.222. The van der Waals surface area contributed by atoms with Gasteiger partial charge in [-0.1, -0.05) is 6.07 Å². The third kappa shape index (κ3) is 3.20. The Morgan fingerprint density at radius 2 is 2.31 bits per heavy atom. The van der Waals surface area contributed by atoms with Crippen LogP contribution >= 0.6 is 0 Å². The molecule has 0 bridgehead atoms. The van der Waals surface area contributed by atoms with E-state index >= 15 is 0 Å². The highest BCUT2D eigenvalue weighted by Crippen LogP contribution is 2.28. The number of carbonyl (C=O) groups is 1. The number of benzene rings is 1. The summed E-state index contributed by atoms with van der Waals surface area (Å²) in [5, 5.41) is 23.0. The lowest BCUT2D eigenvalue weighted by Gasteiger charge is -2.04. The van der Waals surface area contributed by atoms with Crippen molar-refractivity contribution in [2.24, 2.45) is 0 Å². The van der Waals surface area contributed by atoms with Crippen LogP contribution in [0.2, 0.25) is 0 Å². The number of nitrogens with zero attached hydrogens (tertiary/aromatic N) is 4. The zero-order chi connectivity index (χ0) is 17.9. The fourth-order valence-corrected chi connectivity index (χ4v) is 2.88. The maximum Gasteiger partial charge on any atom is 0.277 e. The second-order valence-corrected chi connectivity index (χ2v) is 5.97. The van der Waals surface area contributed by atoms with Crippen LogP contribution in [0.3, 0.4) is 0 Å². The van der Waals surface area contributed by atoms with E-state index in [0.717, 1.165) is 25.1 Å². The van der Waals surface area contributed by atoms with Crippen LogP contribution < -0.4 is 5.32 Å². The van der Waals surface area contributed by atoms with E-state index in [-0.39, 0.29) is 17.7 Å². The Bertz CT molecular complexity index is 977. The van der Waals surface area contributed by atoms with Crippen LogP contribution in [0.1, 0.15) is 40.7 Å². The summed E-state index contributed by atoms with van der Waals surface area (Å²) < 4.78 is 7.14. The summed E-state index contributed by atoms with van der Waals surface area (Å²) in [5.74, 6) is 0.0760. The van der Waals surface area contributed by atoms with Crippen LogP contribution in [0, 0.1) is 11.3 Å². The minimum absolute atomic E-state index is 0.0137. The first kappa shape index (κ1) is 16.1. The molecule has 1 atom stereocenters. The number of anilines is 1. The van der Waals surface area contributed by atoms with Gasteiger partial charge in [0, 0.05) is 18.9 Å². The lowest BCUT2D eigenvalue weighted by molar-refractivity contribution is 0.102. The fourth-order valence-electron chi connectivity index (χ4n) is 2.88. The molecule has 8 heteroatoms. The molecular weight excluding hydrogens is 332 g/mol. The number of H-pyrrole nitrogens is 1. The first-order chi connectivity index (χ1) is 12.7. The molecule has 2 N–H and O–H groups in total. The molecule has 26 heavy (non-hydrogen) atoms. The van der Waals surface area contributed by atoms with Gasteiger partial charge in [-0.2, -0.15) is 15.5 Å². The number of nitrogens with one attached hydrogen (secondary N) is 2. The monoisotopic (exact) mass is 348 g/mol. The van der Waals surface area contributed by atoms with Crippen molar-refractivity contribution in [3.63, 3.8) is 0 Å². The Morgan fingerprint density at radius 3 is 3.12 bits per heavy atom. The molecule has 0 aliphatic carbocycles. The molecule has 1 aromatic carbocycles. The van der Waals surface area contributed by atoms with Crippen molar-refractivity contribution in [2.75, 3.05) is 11.9 Å². The Labute approximate surface area is 149 Å². The van der Waals surface area contributed by atoms with Crippen LogP contribution in [-0.2, 0) is 4.74 Å². The van der Waals surface area contributed by atoms with Crippen LogP contribution in [0.25, 0.3) is 5.69 Å². The zero-order valence-corrected chi connectivity index (χ0v) is 13.8. The van der Waals surface area contributed by atoms with E-state index in [2.05, 4.69) is 26.7 Å². The smallest absolute Gasteiger partial charge is 0.277 e. The third-order valence-electron chi connectivity index (χ3n) is 4.18. The summed E-state index contributed by atoms with van der Waals surface area (Å²) in [6.07, 6.45) is 3.66. The van der Waals surface area contributed by atoms with Gasteiger partial charge in [-0.3, -0.25) is 9.89 Å². The Morgan fingerprint density at radius 1 is 1.38 bits per heavy atom. The molecule has 0 saturated carbocycles. The predicted octanol–water partition coefficient (Wildman–Crippen LogP) is 2.57. The first-order valence-electron chi connectivity index (χ1n) is 8.27. The Hall–Kier alpha value is -3.44. The number of aromatic amines is 1. The predicted molar refractivity (Wildman–Crippen MR) is 92.7 cm³/mol. The Balaban J connectivity index is 1.47. The molecule has 0 spiro atoms. The van der Waals surface area contributed by atoms with Gasteiger partial charge in [-0.15, -0.1) is 0 Å². The van der Waals surface area contributed by atoms with Gasteiger partial charge in [0.25, 0.3) is 5.91 Å². The summed E-state index contributed by atoms with van der Waals surface area (Å²) in [5.41, 5.74) is 2.36. The van der Waals surface area contributed by atoms with Crippen LogP contribution in [-0.4, -0.2) is 32.5 Å². The summed E-state index contributed by atoms with van der Waals surface area (Å²) >= 11 is 0. The standard InChI is InChI=1S/C18H16N6O2/c19-11-12-3-1-4-13(9-12)24-7-6-14(23-24)18(25)20-17-10-15(21-22-17)16-5-2-8-26-16/h1,3-4,6-7,9-10,16H,2,5,8H2,(H2,20,21,22,25)/t16-/m1/s1. The van der Waals surface area contributed by atoms with Crippen molar-refractivity contribution in [3.05, 3.63) is 59.5 Å². The number of hydrogen-bond donors (Lipinski definition) is 2. The highest BCUT2D eigenvalue weighted by atomic mass is 16.5. The summed E-state index contributed by atoms with van der Waals surface area (Å²) in [6, 6.07) is 12.5. The molecule has 0 unspecified atom stereocenters. The third-order valence-corrected chi connectivity index (χ3v) is 4.18. The number of hydrogen-bond acceptors (Lipinski definition) is 5. The highest BCUT2D eigenvalue weighted by Gasteiger charge is 2.20. The van der Waals surface area contributed by atoms with E-state index in [0.29, 0.717) is 17.1 Å². The van der Waals surface area contributed by atoms with Gasteiger partial charge in [0.1, 0.15) is 0 Å². The van der Waals surface area contributed by atoms with Crippen LogP contribution in [0.4, 0.5) is 5.82 Å². The number of carbonyl (C=O) groups excluding carboxylic acids is 1. The molecule has 130 valence electrons. The molecule has 1 fully saturated rings. The van der Waals surface area contributed by atoms with Crippen molar-refractivity contribution < 1.29 is 9.53 Å². The molecule has 0 radical (unpaired) electrons. The topological polar surface area (TPSA) is 109 Å². The highest BCUT2D eigenvalue weighted by molar-refractivity contribution is 6.02. The average Bonchev–Trinajstić information content (AvgIpc) is 3.41. The Kier molecular flexibility index (Phi) is 4.21. The van der Waals surface area contributed by atoms with E-state index in [1.807, 2.05) is 6.07 Å². The van der Waals surface area contributed by atoms with Gasteiger partial charge < -0.3 is 10.1 Å². The van der Waals surface area contributed by atoms with Crippen molar-refractivity contribution >= 4 is 11.7 Å². The van der Waals surface area contributed by atoms with E-state index in [9.17, 15) is 4.79 Å². The maximum atomic E-state index is 12.4. The molecular formula is C18H16N6O2. The molecule has 1 saturated heterocycles. The van der Waals surface area contributed by atoms with Gasteiger partial charge in [0.05, 0.1) is 29.1 Å². The van der Waals surface area contributed by atoms with Gasteiger partial charge >= 0.3 is 0 Å². The maximum absolute atomic E-state index is 12.4. The van der Waals surface area contributed by atoms with E-state index in [1.165, 1.54) is 0 Å². The minimum atomic E-state index is -0.356. The molecule has 4 rings (SSSR count). The number of rotatable bonds is 4. The average molecular weight is 348 g/mol. The molecule has 3 heterocycles. The summed E-state index contributed by atoms with van der Waals surface area (Å²) in [6.45, 7) is 0.746.